The maximum absolute atomic E-state index is 8.77. The fourth-order valence-corrected chi connectivity index (χ4v) is 3.05. The van der Waals surface area contributed by atoms with Gasteiger partial charge in [-0.2, -0.15) is 5.26 Å². The van der Waals surface area contributed by atoms with Gasteiger partial charge in [-0.05, 0) is 75.5 Å². The first kappa shape index (κ1) is 16.8. The molecule has 0 atom stereocenters. The number of piperidine rings is 1. The lowest BCUT2D eigenvalue weighted by atomic mass is 9.94. The molecule has 3 heteroatoms. The molecule has 0 saturated carbocycles. The Bertz CT molecular complexity index is 455. The number of hydrogen-bond acceptors (Lipinski definition) is 3. The highest BCUT2D eigenvalue weighted by Gasteiger charge is 2.18. The molecule has 120 valence electrons. The second-order valence-electron chi connectivity index (χ2n) is 6.27. The molecule has 0 N–H and O–H groups in total. The van der Waals surface area contributed by atoms with E-state index in [1.807, 2.05) is 24.3 Å². The molecule has 0 bridgehead atoms. The number of unbranched alkanes of at least 4 members (excludes halogenated alkanes) is 2. The maximum atomic E-state index is 8.77. The molecule has 0 unspecified atom stereocenters. The van der Waals surface area contributed by atoms with Crippen molar-refractivity contribution in [1.82, 2.24) is 4.90 Å². The van der Waals surface area contributed by atoms with Crippen LogP contribution in [-0.2, 0) is 0 Å². The van der Waals surface area contributed by atoms with Gasteiger partial charge in [-0.3, -0.25) is 0 Å². The minimum atomic E-state index is 0.683. The average Bonchev–Trinajstić information content (AvgIpc) is 2.57. The summed E-state index contributed by atoms with van der Waals surface area (Å²) in [5.41, 5.74) is 0.683. The monoisotopic (exact) mass is 300 g/mol. The van der Waals surface area contributed by atoms with E-state index in [2.05, 4.69) is 17.9 Å². The molecule has 1 aliphatic rings. The van der Waals surface area contributed by atoms with Gasteiger partial charge in [0.1, 0.15) is 5.75 Å². The van der Waals surface area contributed by atoms with Gasteiger partial charge in [0.15, 0.2) is 0 Å². The number of hydrogen-bond donors (Lipinski definition) is 0. The van der Waals surface area contributed by atoms with Crippen LogP contribution in [0.1, 0.15) is 51.0 Å². The van der Waals surface area contributed by atoms with Crippen molar-refractivity contribution >= 4 is 0 Å². The highest BCUT2D eigenvalue weighted by Crippen LogP contribution is 2.21. The molecule has 1 heterocycles. The predicted octanol–water partition coefficient (Wildman–Crippen LogP) is 4.23. The molecule has 0 amide bonds. The van der Waals surface area contributed by atoms with Crippen molar-refractivity contribution in [3.8, 4) is 11.8 Å². The standard InChI is InChI=1S/C19H28N2O/c1-2-3-4-12-21-13-9-17(10-14-21)11-15-22-19-7-5-18(16-20)6-8-19/h5-8,17H,2-4,9-15H2,1H3. The van der Waals surface area contributed by atoms with E-state index in [0.29, 0.717) is 5.56 Å². The normalized spacial score (nSPS) is 16.4. The van der Waals surface area contributed by atoms with Crippen LogP contribution in [0.4, 0.5) is 0 Å². The van der Waals surface area contributed by atoms with Crippen molar-refractivity contribution in [3.05, 3.63) is 29.8 Å². The Balaban J connectivity index is 1.59. The minimum Gasteiger partial charge on any atom is -0.494 e. The summed E-state index contributed by atoms with van der Waals surface area (Å²) in [6.07, 6.45) is 7.78. The highest BCUT2D eigenvalue weighted by atomic mass is 16.5. The molecular weight excluding hydrogens is 272 g/mol. The van der Waals surface area contributed by atoms with E-state index >= 15 is 0 Å². The number of benzene rings is 1. The van der Waals surface area contributed by atoms with E-state index in [1.54, 1.807) is 0 Å². The maximum Gasteiger partial charge on any atom is 0.119 e. The summed E-state index contributed by atoms with van der Waals surface area (Å²) in [6.45, 7) is 6.84. The van der Waals surface area contributed by atoms with Crippen molar-refractivity contribution in [2.45, 2.75) is 45.4 Å². The fraction of sp³-hybridized carbons (Fsp3) is 0.632. The predicted molar refractivity (Wildman–Crippen MR) is 90.0 cm³/mol. The van der Waals surface area contributed by atoms with Gasteiger partial charge in [0.05, 0.1) is 18.2 Å². The molecule has 1 saturated heterocycles. The van der Waals surface area contributed by atoms with E-state index in [0.717, 1.165) is 24.7 Å². The van der Waals surface area contributed by atoms with Gasteiger partial charge in [-0.15, -0.1) is 0 Å². The molecule has 2 rings (SSSR count). The number of likely N-dealkylation sites (tertiary alicyclic amines) is 1. The third-order valence-corrected chi connectivity index (χ3v) is 4.56. The van der Waals surface area contributed by atoms with Crippen molar-refractivity contribution in [1.29, 1.82) is 5.26 Å². The molecular formula is C19H28N2O. The molecule has 0 spiro atoms. The SMILES string of the molecule is CCCCCN1CCC(CCOc2ccc(C#N)cc2)CC1. The van der Waals surface area contributed by atoms with Crippen LogP contribution in [0.3, 0.4) is 0 Å². The smallest absolute Gasteiger partial charge is 0.119 e. The van der Waals surface area contributed by atoms with Crippen LogP contribution in [0, 0.1) is 17.2 Å². The Labute approximate surface area is 134 Å². The molecule has 1 aromatic carbocycles. The average molecular weight is 300 g/mol. The summed E-state index contributed by atoms with van der Waals surface area (Å²) < 4.78 is 5.79. The van der Waals surface area contributed by atoms with Gasteiger partial charge < -0.3 is 9.64 Å². The molecule has 0 aromatic heterocycles. The van der Waals surface area contributed by atoms with Crippen LogP contribution < -0.4 is 4.74 Å². The van der Waals surface area contributed by atoms with E-state index < -0.39 is 0 Å². The zero-order valence-electron chi connectivity index (χ0n) is 13.8. The van der Waals surface area contributed by atoms with Crippen molar-refractivity contribution in [2.24, 2.45) is 5.92 Å². The molecule has 3 nitrogen and oxygen atoms in total. The largest absolute Gasteiger partial charge is 0.494 e. The van der Waals surface area contributed by atoms with Crippen LogP contribution in [0.15, 0.2) is 24.3 Å². The summed E-state index contributed by atoms with van der Waals surface area (Å²) >= 11 is 0. The molecule has 0 aliphatic carbocycles. The Morgan fingerprint density at radius 2 is 1.91 bits per heavy atom. The first-order valence-corrected chi connectivity index (χ1v) is 8.67. The molecule has 1 aromatic rings. The molecule has 22 heavy (non-hydrogen) atoms. The second kappa shape index (κ2) is 9.48. The lowest BCUT2D eigenvalue weighted by Gasteiger charge is -2.31. The van der Waals surface area contributed by atoms with Gasteiger partial charge in [-0.25, -0.2) is 0 Å². The van der Waals surface area contributed by atoms with Crippen LogP contribution in [-0.4, -0.2) is 31.1 Å². The Morgan fingerprint density at radius 3 is 2.55 bits per heavy atom. The van der Waals surface area contributed by atoms with Crippen LogP contribution >= 0.6 is 0 Å². The molecule has 1 fully saturated rings. The summed E-state index contributed by atoms with van der Waals surface area (Å²) in [5.74, 6) is 1.68. The Kier molecular flexibility index (Phi) is 7.25. The lowest BCUT2D eigenvalue weighted by molar-refractivity contribution is 0.161. The zero-order valence-corrected chi connectivity index (χ0v) is 13.8. The first-order chi connectivity index (χ1) is 10.8. The van der Waals surface area contributed by atoms with Gasteiger partial charge in [0.2, 0.25) is 0 Å². The van der Waals surface area contributed by atoms with Gasteiger partial charge >= 0.3 is 0 Å². The van der Waals surface area contributed by atoms with Crippen LogP contribution in [0.2, 0.25) is 0 Å². The summed E-state index contributed by atoms with van der Waals surface area (Å²) in [6, 6.07) is 9.51. The van der Waals surface area contributed by atoms with Crippen molar-refractivity contribution in [3.63, 3.8) is 0 Å². The van der Waals surface area contributed by atoms with Crippen molar-refractivity contribution in [2.75, 3.05) is 26.2 Å². The number of ether oxygens (including phenoxy) is 1. The minimum absolute atomic E-state index is 0.683. The summed E-state index contributed by atoms with van der Waals surface area (Å²) in [5, 5.41) is 8.77. The highest BCUT2D eigenvalue weighted by molar-refractivity contribution is 5.34. The number of nitriles is 1. The lowest BCUT2D eigenvalue weighted by Crippen LogP contribution is -2.34. The quantitative estimate of drug-likeness (QED) is 0.674. The number of nitrogens with zero attached hydrogens (tertiary/aromatic N) is 2. The van der Waals surface area contributed by atoms with E-state index in [4.69, 9.17) is 10.00 Å². The third kappa shape index (κ3) is 5.69. The van der Waals surface area contributed by atoms with Gasteiger partial charge in [-0.1, -0.05) is 19.8 Å². The second-order valence-corrected chi connectivity index (χ2v) is 6.27. The molecule has 0 radical (unpaired) electrons. The topological polar surface area (TPSA) is 36.3 Å². The van der Waals surface area contributed by atoms with Gasteiger partial charge in [0, 0.05) is 0 Å². The summed E-state index contributed by atoms with van der Waals surface area (Å²) in [7, 11) is 0. The summed E-state index contributed by atoms with van der Waals surface area (Å²) in [4.78, 5) is 2.62. The third-order valence-electron chi connectivity index (χ3n) is 4.56. The van der Waals surface area contributed by atoms with Crippen LogP contribution in [0.25, 0.3) is 0 Å². The fourth-order valence-electron chi connectivity index (χ4n) is 3.05. The zero-order chi connectivity index (χ0) is 15.6. The Morgan fingerprint density at radius 1 is 1.18 bits per heavy atom. The van der Waals surface area contributed by atoms with E-state index in [-0.39, 0.29) is 0 Å². The molecule has 1 aliphatic heterocycles. The number of rotatable bonds is 8. The van der Waals surface area contributed by atoms with Crippen LogP contribution in [0.5, 0.6) is 5.75 Å². The first-order valence-electron chi connectivity index (χ1n) is 8.67. The Hall–Kier alpha value is -1.53. The van der Waals surface area contributed by atoms with Crippen molar-refractivity contribution < 1.29 is 4.74 Å². The van der Waals surface area contributed by atoms with Gasteiger partial charge in [0.25, 0.3) is 0 Å². The van der Waals surface area contributed by atoms with E-state index in [9.17, 15) is 0 Å². The van der Waals surface area contributed by atoms with E-state index in [1.165, 1.54) is 51.7 Å².